The molecule has 0 aromatic carbocycles. The van der Waals surface area contributed by atoms with Crippen LogP contribution in [-0.2, 0) is 0 Å². The first kappa shape index (κ1) is 14.2. The van der Waals surface area contributed by atoms with Crippen LogP contribution < -0.4 is 5.32 Å². The van der Waals surface area contributed by atoms with Gasteiger partial charge in [0.15, 0.2) is 0 Å². The molecule has 1 spiro atoms. The third-order valence-corrected chi connectivity index (χ3v) is 6.87. The van der Waals surface area contributed by atoms with E-state index in [1.807, 2.05) is 0 Å². The van der Waals surface area contributed by atoms with Gasteiger partial charge in [-0.15, -0.1) is 0 Å². The van der Waals surface area contributed by atoms with Crippen molar-refractivity contribution in [1.29, 1.82) is 0 Å². The molecule has 1 unspecified atom stereocenters. The molecule has 110 valence electrons. The van der Waals surface area contributed by atoms with E-state index >= 15 is 0 Å². The zero-order valence-electron chi connectivity index (χ0n) is 12.7. The Morgan fingerprint density at radius 3 is 2.63 bits per heavy atom. The smallest absolute Gasteiger partial charge is 0.0338 e. The second-order valence-electron chi connectivity index (χ2n) is 7.48. The minimum absolute atomic E-state index is 0.496. The predicted octanol–water partition coefficient (Wildman–Crippen LogP) is 3.13. The lowest BCUT2D eigenvalue weighted by molar-refractivity contribution is -0.0401. The van der Waals surface area contributed by atoms with Crippen molar-refractivity contribution in [3.8, 4) is 0 Å². The summed E-state index contributed by atoms with van der Waals surface area (Å²) >= 11 is 2.18. The summed E-state index contributed by atoms with van der Waals surface area (Å²) in [6.45, 7) is 8.73. The molecule has 2 saturated heterocycles. The first-order valence-corrected chi connectivity index (χ1v) is 9.35. The molecule has 3 rings (SSSR count). The third-order valence-electron chi connectivity index (χ3n) is 5.82. The van der Waals surface area contributed by atoms with Crippen LogP contribution >= 0.6 is 11.8 Å². The van der Waals surface area contributed by atoms with E-state index in [1.54, 1.807) is 0 Å². The van der Waals surface area contributed by atoms with Crippen molar-refractivity contribution in [3.05, 3.63) is 0 Å². The Kier molecular flexibility index (Phi) is 4.17. The van der Waals surface area contributed by atoms with Crippen molar-refractivity contribution >= 4 is 11.8 Å². The van der Waals surface area contributed by atoms with Crippen LogP contribution in [0.1, 0.15) is 52.4 Å². The lowest BCUT2D eigenvalue weighted by Crippen LogP contribution is -2.68. The molecule has 2 heterocycles. The van der Waals surface area contributed by atoms with E-state index in [-0.39, 0.29) is 0 Å². The second kappa shape index (κ2) is 5.57. The molecule has 0 bridgehead atoms. The molecule has 0 radical (unpaired) electrons. The SMILES string of the molecule is CC1(C)CCSCC1N1CCNCC12CCCCC2. The molecule has 1 saturated carbocycles. The molecule has 3 heteroatoms. The van der Waals surface area contributed by atoms with Crippen molar-refractivity contribution in [2.45, 2.75) is 64.0 Å². The molecular formula is C16H30N2S. The van der Waals surface area contributed by atoms with E-state index in [2.05, 4.69) is 35.8 Å². The molecule has 19 heavy (non-hydrogen) atoms. The Bertz CT molecular complexity index is 302. The maximum absolute atomic E-state index is 3.69. The number of piperazine rings is 1. The first-order chi connectivity index (χ1) is 9.14. The summed E-state index contributed by atoms with van der Waals surface area (Å²) in [5, 5.41) is 3.69. The summed E-state index contributed by atoms with van der Waals surface area (Å²) in [6, 6.07) is 0.798. The van der Waals surface area contributed by atoms with Crippen LogP contribution in [0, 0.1) is 5.41 Å². The number of rotatable bonds is 1. The number of hydrogen-bond donors (Lipinski definition) is 1. The highest BCUT2D eigenvalue weighted by Crippen LogP contribution is 2.44. The van der Waals surface area contributed by atoms with Gasteiger partial charge < -0.3 is 5.32 Å². The minimum atomic E-state index is 0.496. The highest BCUT2D eigenvalue weighted by atomic mass is 32.2. The van der Waals surface area contributed by atoms with Gasteiger partial charge in [0, 0.05) is 37.0 Å². The summed E-state index contributed by atoms with van der Waals surface area (Å²) in [7, 11) is 0. The van der Waals surface area contributed by atoms with Crippen LogP contribution in [0.25, 0.3) is 0 Å². The van der Waals surface area contributed by atoms with Crippen molar-refractivity contribution in [3.63, 3.8) is 0 Å². The number of thioether (sulfide) groups is 1. The van der Waals surface area contributed by atoms with Crippen LogP contribution in [0.5, 0.6) is 0 Å². The van der Waals surface area contributed by atoms with Crippen LogP contribution in [0.15, 0.2) is 0 Å². The van der Waals surface area contributed by atoms with E-state index in [0.29, 0.717) is 11.0 Å². The van der Waals surface area contributed by atoms with Crippen LogP contribution in [0.4, 0.5) is 0 Å². The van der Waals surface area contributed by atoms with Gasteiger partial charge in [-0.05, 0) is 30.4 Å². The maximum Gasteiger partial charge on any atom is 0.0338 e. The van der Waals surface area contributed by atoms with E-state index in [9.17, 15) is 0 Å². The van der Waals surface area contributed by atoms with E-state index in [4.69, 9.17) is 0 Å². The van der Waals surface area contributed by atoms with Gasteiger partial charge >= 0.3 is 0 Å². The fourth-order valence-corrected chi connectivity index (χ4v) is 6.15. The Labute approximate surface area is 123 Å². The standard InChI is InChI=1S/C16H30N2S/c1-15(2)8-11-19-12-14(15)18-10-9-17-13-16(18)6-4-3-5-7-16/h14,17H,3-13H2,1-2H3. The van der Waals surface area contributed by atoms with Crippen molar-refractivity contribution < 1.29 is 0 Å². The highest BCUT2D eigenvalue weighted by molar-refractivity contribution is 7.99. The van der Waals surface area contributed by atoms with Crippen molar-refractivity contribution in [1.82, 2.24) is 10.2 Å². The molecule has 2 aliphatic heterocycles. The van der Waals surface area contributed by atoms with E-state index in [1.165, 1.54) is 69.7 Å². The largest absolute Gasteiger partial charge is 0.314 e. The summed E-state index contributed by atoms with van der Waals surface area (Å²) in [4.78, 5) is 2.95. The van der Waals surface area contributed by atoms with E-state index < -0.39 is 0 Å². The Morgan fingerprint density at radius 1 is 1.11 bits per heavy atom. The van der Waals surface area contributed by atoms with Crippen LogP contribution in [0.3, 0.4) is 0 Å². The van der Waals surface area contributed by atoms with Gasteiger partial charge in [-0.25, -0.2) is 0 Å². The molecule has 3 aliphatic rings. The normalized spacial score (nSPS) is 35.4. The van der Waals surface area contributed by atoms with Crippen molar-refractivity contribution in [2.24, 2.45) is 5.41 Å². The van der Waals surface area contributed by atoms with Gasteiger partial charge in [0.2, 0.25) is 0 Å². The topological polar surface area (TPSA) is 15.3 Å². The molecule has 3 fully saturated rings. The average Bonchev–Trinajstić information content (AvgIpc) is 2.41. The van der Waals surface area contributed by atoms with Gasteiger partial charge in [-0.3, -0.25) is 4.90 Å². The molecule has 0 aromatic rings. The number of nitrogens with zero attached hydrogens (tertiary/aromatic N) is 1. The lowest BCUT2D eigenvalue weighted by Gasteiger charge is -2.57. The number of hydrogen-bond acceptors (Lipinski definition) is 3. The zero-order chi connectivity index (χ0) is 13.3. The predicted molar refractivity (Wildman–Crippen MR) is 84.9 cm³/mol. The highest BCUT2D eigenvalue weighted by Gasteiger charge is 2.47. The molecule has 1 atom stereocenters. The molecule has 1 aliphatic carbocycles. The zero-order valence-corrected chi connectivity index (χ0v) is 13.5. The molecule has 0 aromatic heterocycles. The first-order valence-electron chi connectivity index (χ1n) is 8.19. The van der Waals surface area contributed by atoms with Gasteiger partial charge in [-0.1, -0.05) is 33.1 Å². The van der Waals surface area contributed by atoms with Crippen LogP contribution in [0.2, 0.25) is 0 Å². The average molecular weight is 282 g/mol. The van der Waals surface area contributed by atoms with Gasteiger partial charge in [0.1, 0.15) is 0 Å². The molecular weight excluding hydrogens is 252 g/mol. The summed E-state index contributed by atoms with van der Waals surface area (Å²) < 4.78 is 0. The minimum Gasteiger partial charge on any atom is -0.314 e. The van der Waals surface area contributed by atoms with Crippen molar-refractivity contribution in [2.75, 3.05) is 31.1 Å². The monoisotopic (exact) mass is 282 g/mol. The summed E-state index contributed by atoms with van der Waals surface area (Å²) in [5.41, 5.74) is 1.00. The Morgan fingerprint density at radius 2 is 1.89 bits per heavy atom. The molecule has 1 N–H and O–H groups in total. The lowest BCUT2D eigenvalue weighted by atomic mass is 9.74. The quantitative estimate of drug-likeness (QED) is 0.795. The van der Waals surface area contributed by atoms with Gasteiger partial charge in [0.05, 0.1) is 0 Å². The van der Waals surface area contributed by atoms with Crippen LogP contribution in [-0.4, -0.2) is 47.6 Å². The maximum atomic E-state index is 3.69. The second-order valence-corrected chi connectivity index (χ2v) is 8.63. The number of nitrogens with one attached hydrogen (secondary N) is 1. The van der Waals surface area contributed by atoms with Gasteiger partial charge in [0.25, 0.3) is 0 Å². The Balaban J connectivity index is 1.83. The fourth-order valence-electron chi connectivity index (χ4n) is 4.45. The fraction of sp³-hybridized carbons (Fsp3) is 1.00. The van der Waals surface area contributed by atoms with Gasteiger partial charge in [-0.2, -0.15) is 11.8 Å². The van der Waals surface area contributed by atoms with E-state index in [0.717, 1.165) is 6.04 Å². The Hall–Kier alpha value is 0.270. The molecule has 0 amide bonds. The third kappa shape index (κ3) is 2.71. The molecule has 2 nitrogen and oxygen atoms in total. The summed E-state index contributed by atoms with van der Waals surface area (Å²) in [6.07, 6.45) is 8.59. The summed E-state index contributed by atoms with van der Waals surface area (Å²) in [5.74, 6) is 2.72.